The number of ether oxygens (including phenoxy) is 1. The first-order chi connectivity index (χ1) is 13.8. The molecule has 2 aromatic carbocycles. The van der Waals surface area contributed by atoms with Gasteiger partial charge in [0.1, 0.15) is 11.6 Å². The van der Waals surface area contributed by atoms with Gasteiger partial charge in [-0.15, -0.1) is 0 Å². The summed E-state index contributed by atoms with van der Waals surface area (Å²) in [7, 11) is 1.77. The summed E-state index contributed by atoms with van der Waals surface area (Å²) < 4.78 is 5.83. The molecule has 1 aliphatic carbocycles. The van der Waals surface area contributed by atoms with E-state index in [0.717, 1.165) is 42.3 Å². The molecule has 0 spiro atoms. The van der Waals surface area contributed by atoms with Crippen LogP contribution in [0.1, 0.15) is 43.2 Å². The number of aryl methyl sites for hydroxylation is 1. The minimum atomic E-state index is 0.926. The highest BCUT2D eigenvalue weighted by Crippen LogP contribution is 2.41. The number of anilines is 1. The highest BCUT2D eigenvalue weighted by Gasteiger charge is 2.23. The maximum atomic E-state index is 5.83. The van der Waals surface area contributed by atoms with Gasteiger partial charge in [0.05, 0.1) is 18.4 Å². The van der Waals surface area contributed by atoms with Crippen LogP contribution in [0.3, 0.4) is 0 Å². The first-order valence-corrected chi connectivity index (χ1v) is 10.7. The fourth-order valence-corrected chi connectivity index (χ4v) is 4.89. The van der Waals surface area contributed by atoms with Crippen molar-refractivity contribution in [2.45, 2.75) is 44.9 Å². The number of aromatic nitrogens is 1. The van der Waals surface area contributed by atoms with E-state index in [1.165, 1.54) is 60.4 Å². The van der Waals surface area contributed by atoms with E-state index in [9.17, 15) is 0 Å². The van der Waals surface area contributed by atoms with Crippen LogP contribution in [0.2, 0.25) is 0 Å². The average Bonchev–Trinajstić information content (AvgIpc) is 2.78. The molecule has 5 rings (SSSR count). The Morgan fingerprint density at radius 2 is 1.71 bits per heavy atom. The van der Waals surface area contributed by atoms with Gasteiger partial charge in [0.25, 0.3) is 0 Å². The Kier molecular flexibility index (Phi) is 4.67. The van der Waals surface area contributed by atoms with Crippen LogP contribution in [0.4, 0.5) is 5.82 Å². The molecule has 3 aromatic rings. The molecule has 0 N–H and O–H groups in total. The smallest absolute Gasteiger partial charge is 0.129 e. The molecule has 144 valence electrons. The molecule has 0 unspecified atom stereocenters. The molecule has 0 amide bonds. The van der Waals surface area contributed by atoms with Crippen molar-refractivity contribution < 1.29 is 4.74 Å². The second-order valence-electron chi connectivity index (χ2n) is 8.09. The summed E-state index contributed by atoms with van der Waals surface area (Å²) in [6.07, 6.45) is 8.69. The van der Waals surface area contributed by atoms with Crippen LogP contribution in [0.5, 0.6) is 5.75 Å². The van der Waals surface area contributed by atoms with E-state index in [0.29, 0.717) is 0 Å². The summed E-state index contributed by atoms with van der Waals surface area (Å²) in [6, 6.07) is 15.2. The highest BCUT2D eigenvalue weighted by molar-refractivity contribution is 6.00. The Morgan fingerprint density at radius 1 is 0.893 bits per heavy atom. The van der Waals surface area contributed by atoms with Crippen molar-refractivity contribution in [3.8, 4) is 17.0 Å². The van der Waals surface area contributed by atoms with Gasteiger partial charge in [0.15, 0.2) is 0 Å². The fraction of sp³-hybridized carbons (Fsp3) is 0.400. The molecule has 0 saturated carbocycles. The molecule has 0 bridgehead atoms. The minimum absolute atomic E-state index is 0.926. The van der Waals surface area contributed by atoms with Crippen LogP contribution >= 0.6 is 0 Å². The number of rotatable bonds is 3. The SMILES string of the molecule is COc1ccc2ccccc2c1-c1nc(N2CCCCC2)cc2c1CCCC2. The van der Waals surface area contributed by atoms with Gasteiger partial charge >= 0.3 is 0 Å². The van der Waals surface area contributed by atoms with Crippen LogP contribution in [0.15, 0.2) is 42.5 Å². The number of nitrogens with zero attached hydrogens (tertiary/aromatic N) is 2. The van der Waals surface area contributed by atoms with Crippen LogP contribution < -0.4 is 9.64 Å². The van der Waals surface area contributed by atoms with Gasteiger partial charge < -0.3 is 9.64 Å². The molecular formula is C25H28N2O. The molecule has 3 heteroatoms. The van der Waals surface area contributed by atoms with Gasteiger partial charge in [-0.05, 0) is 79.0 Å². The number of hydrogen-bond acceptors (Lipinski definition) is 3. The first kappa shape index (κ1) is 17.5. The van der Waals surface area contributed by atoms with Crippen molar-refractivity contribution in [3.05, 3.63) is 53.6 Å². The van der Waals surface area contributed by atoms with E-state index >= 15 is 0 Å². The van der Waals surface area contributed by atoms with Gasteiger partial charge in [-0.2, -0.15) is 0 Å². The summed E-state index contributed by atoms with van der Waals surface area (Å²) in [4.78, 5) is 7.77. The van der Waals surface area contributed by atoms with Gasteiger partial charge in [0, 0.05) is 13.1 Å². The molecule has 1 saturated heterocycles. The largest absolute Gasteiger partial charge is 0.496 e. The second-order valence-corrected chi connectivity index (χ2v) is 8.09. The summed E-state index contributed by atoms with van der Waals surface area (Å²) in [5, 5.41) is 2.48. The fourth-order valence-electron chi connectivity index (χ4n) is 4.89. The third kappa shape index (κ3) is 3.03. The molecule has 28 heavy (non-hydrogen) atoms. The van der Waals surface area contributed by atoms with E-state index in [1.54, 1.807) is 7.11 Å². The van der Waals surface area contributed by atoms with Gasteiger partial charge in [0.2, 0.25) is 0 Å². The minimum Gasteiger partial charge on any atom is -0.496 e. The lowest BCUT2D eigenvalue weighted by molar-refractivity contribution is 0.417. The van der Waals surface area contributed by atoms with E-state index < -0.39 is 0 Å². The summed E-state index contributed by atoms with van der Waals surface area (Å²) in [5.74, 6) is 2.08. The Bertz CT molecular complexity index is 1000. The van der Waals surface area contributed by atoms with Crippen molar-refractivity contribution in [1.82, 2.24) is 4.98 Å². The van der Waals surface area contributed by atoms with Crippen molar-refractivity contribution in [1.29, 1.82) is 0 Å². The lowest BCUT2D eigenvalue weighted by Crippen LogP contribution is -2.30. The molecule has 3 nitrogen and oxygen atoms in total. The zero-order valence-electron chi connectivity index (χ0n) is 16.7. The topological polar surface area (TPSA) is 25.4 Å². The molecule has 1 aliphatic heterocycles. The normalized spacial score (nSPS) is 16.8. The van der Waals surface area contributed by atoms with E-state index in [4.69, 9.17) is 9.72 Å². The Morgan fingerprint density at radius 3 is 2.57 bits per heavy atom. The van der Waals surface area contributed by atoms with Crippen molar-refractivity contribution in [3.63, 3.8) is 0 Å². The molecule has 0 atom stereocenters. The van der Waals surface area contributed by atoms with E-state index in [2.05, 4.69) is 47.4 Å². The average molecular weight is 373 g/mol. The molecule has 2 aliphatic rings. The Hall–Kier alpha value is -2.55. The number of piperidine rings is 1. The van der Waals surface area contributed by atoms with Crippen molar-refractivity contribution >= 4 is 16.6 Å². The summed E-state index contributed by atoms with van der Waals surface area (Å²) >= 11 is 0. The monoisotopic (exact) mass is 372 g/mol. The van der Waals surface area contributed by atoms with Crippen molar-refractivity contribution in [2.24, 2.45) is 0 Å². The number of benzene rings is 2. The quantitative estimate of drug-likeness (QED) is 0.583. The van der Waals surface area contributed by atoms with Crippen LogP contribution in [-0.4, -0.2) is 25.2 Å². The lowest BCUT2D eigenvalue weighted by Gasteiger charge is -2.30. The number of hydrogen-bond donors (Lipinski definition) is 0. The van der Waals surface area contributed by atoms with E-state index in [1.807, 2.05) is 0 Å². The second kappa shape index (κ2) is 7.46. The number of pyridine rings is 1. The predicted octanol–water partition coefficient (Wildman–Crippen LogP) is 5.78. The lowest BCUT2D eigenvalue weighted by atomic mass is 9.87. The zero-order chi connectivity index (χ0) is 18.9. The Balaban J connectivity index is 1.76. The van der Waals surface area contributed by atoms with Crippen LogP contribution in [0, 0.1) is 0 Å². The summed E-state index contributed by atoms with van der Waals surface area (Å²) in [5.41, 5.74) is 5.23. The van der Waals surface area contributed by atoms with E-state index in [-0.39, 0.29) is 0 Å². The molecule has 2 heterocycles. The first-order valence-electron chi connectivity index (χ1n) is 10.7. The van der Waals surface area contributed by atoms with Crippen LogP contribution in [0.25, 0.3) is 22.0 Å². The third-order valence-corrected chi connectivity index (χ3v) is 6.35. The predicted molar refractivity (Wildman–Crippen MR) is 116 cm³/mol. The zero-order valence-corrected chi connectivity index (χ0v) is 16.7. The van der Waals surface area contributed by atoms with Crippen molar-refractivity contribution in [2.75, 3.05) is 25.1 Å². The number of fused-ring (bicyclic) bond motifs is 2. The highest BCUT2D eigenvalue weighted by atomic mass is 16.5. The maximum absolute atomic E-state index is 5.83. The maximum Gasteiger partial charge on any atom is 0.129 e. The number of methoxy groups -OCH3 is 1. The third-order valence-electron chi connectivity index (χ3n) is 6.35. The standard InChI is InChI=1S/C25H28N2O/c1-28-22-14-13-18-9-3-5-11-20(18)24(22)25-21-12-6-4-10-19(21)17-23(26-25)27-15-7-2-8-16-27/h3,5,9,11,13-14,17H,2,4,6-8,10,12,15-16H2,1H3. The van der Waals surface area contributed by atoms with Gasteiger partial charge in [-0.25, -0.2) is 4.98 Å². The molecule has 1 fully saturated rings. The van der Waals surface area contributed by atoms with Gasteiger partial charge in [-0.3, -0.25) is 0 Å². The summed E-state index contributed by atoms with van der Waals surface area (Å²) in [6.45, 7) is 2.25. The molecule has 0 radical (unpaired) electrons. The van der Waals surface area contributed by atoms with Crippen LogP contribution in [-0.2, 0) is 12.8 Å². The molecular weight excluding hydrogens is 344 g/mol. The Labute approximate surface area is 167 Å². The molecule has 1 aromatic heterocycles. The van der Waals surface area contributed by atoms with Gasteiger partial charge in [-0.1, -0.05) is 30.3 Å².